The molecule has 2 rings (SSSR count). The number of piperazine rings is 1. The van der Waals surface area contributed by atoms with Crippen LogP contribution in [0.1, 0.15) is 34.8 Å². The molecule has 1 aromatic rings. The van der Waals surface area contributed by atoms with Crippen LogP contribution in [0.4, 0.5) is 0 Å². The largest absolute Gasteiger partial charge is 0.355 e. The van der Waals surface area contributed by atoms with Crippen molar-refractivity contribution in [3.63, 3.8) is 0 Å². The molecule has 0 saturated carbocycles. The number of carbonyl (C=O) groups is 2. The number of hydrogen-bond donors (Lipinski definition) is 1. The van der Waals surface area contributed by atoms with Crippen molar-refractivity contribution in [3.05, 3.63) is 34.9 Å². The van der Waals surface area contributed by atoms with Crippen LogP contribution in [-0.4, -0.2) is 60.9 Å². The van der Waals surface area contributed by atoms with Crippen molar-refractivity contribution in [2.45, 2.75) is 27.2 Å². The Kier molecular flexibility index (Phi) is 6.16. The Hall–Kier alpha value is -1.88. The summed E-state index contributed by atoms with van der Waals surface area (Å²) in [6, 6.07) is 5.86. The first-order chi connectivity index (χ1) is 11.0. The van der Waals surface area contributed by atoms with Crippen molar-refractivity contribution in [2.24, 2.45) is 0 Å². The van der Waals surface area contributed by atoms with Gasteiger partial charge in [-0.25, -0.2) is 0 Å². The molecule has 1 heterocycles. The van der Waals surface area contributed by atoms with Crippen LogP contribution in [0.25, 0.3) is 0 Å². The first-order valence-corrected chi connectivity index (χ1v) is 8.37. The van der Waals surface area contributed by atoms with Gasteiger partial charge in [0.05, 0.1) is 6.54 Å². The van der Waals surface area contributed by atoms with Gasteiger partial charge in [0.25, 0.3) is 5.91 Å². The average Bonchev–Trinajstić information content (AvgIpc) is 2.55. The normalized spacial score (nSPS) is 15.5. The molecule has 1 aromatic carbocycles. The fraction of sp³-hybridized carbons (Fsp3) is 0.556. The highest BCUT2D eigenvalue weighted by molar-refractivity contribution is 5.96. The summed E-state index contributed by atoms with van der Waals surface area (Å²) >= 11 is 0. The predicted octanol–water partition coefficient (Wildman–Crippen LogP) is 1.59. The summed E-state index contributed by atoms with van der Waals surface area (Å²) in [5, 5.41) is 2.89. The molecular formula is C18H27N3O2. The van der Waals surface area contributed by atoms with E-state index in [9.17, 15) is 9.59 Å². The van der Waals surface area contributed by atoms with Crippen molar-refractivity contribution in [1.29, 1.82) is 0 Å². The summed E-state index contributed by atoms with van der Waals surface area (Å²) < 4.78 is 0. The molecule has 1 aliphatic heterocycles. The maximum Gasteiger partial charge on any atom is 0.254 e. The van der Waals surface area contributed by atoms with Crippen molar-refractivity contribution in [3.8, 4) is 0 Å². The molecule has 126 valence electrons. The molecule has 1 aliphatic rings. The van der Waals surface area contributed by atoms with Crippen LogP contribution < -0.4 is 5.32 Å². The standard InChI is InChI=1S/C18H27N3O2/c1-4-8-19-17(22)13-20-9-11-21(12-10-20)18(23)16-7-5-6-14(2)15(16)3/h5-7H,4,8-13H2,1-3H3,(H,19,22). The Bertz CT molecular complexity index is 563. The molecule has 2 amide bonds. The monoisotopic (exact) mass is 317 g/mol. The summed E-state index contributed by atoms with van der Waals surface area (Å²) in [4.78, 5) is 28.4. The minimum absolute atomic E-state index is 0.0705. The number of rotatable bonds is 5. The Balaban J connectivity index is 1.88. The second-order valence-corrected chi connectivity index (χ2v) is 6.17. The molecule has 0 spiro atoms. The summed E-state index contributed by atoms with van der Waals surface area (Å²) in [6.45, 7) is 10.1. The zero-order chi connectivity index (χ0) is 16.8. The molecule has 0 aromatic heterocycles. The highest BCUT2D eigenvalue weighted by Crippen LogP contribution is 2.16. The van der Waals surface area contributed by atoms with Gasteiger partial charge in [-0.1, -0.05) is 19.1 Å². The van der Waals surface area contributed by atoms with Crippen molar-refractivity contribution < 1.29 is 9.59 Å². The van der Waals surface area contributed by atoms with E-state index in [2.05, 4.69) is 10.2 Å². The Morgan fingerprint density at radius 1 is 1.13 bits per heavy atom. The summed E-state index contributed by atoms with van der Waals surface area (Å²) in [5.74, 6) is 0.169. The van der Waals surface area contributed by atoms with Crippen LogP contribution in [0.2, 0.25) is 0 Å². The van der Waals surface area contributed by atoms with Crippen LogP contribution in [0.3, 0.4) is 0 Å². The molecule has 0 bridgehead atoms. The van der Waals surface area contributed by atoms with Crippen LogP contribution in [0.15, 0.2) is 18.2 Å². The number of amides is 2. The molecule has 0 aliphatic carbocycles. The molecule has 1 N–H and O–H groups in total. The fourth-order valence-electron chi connectivity index (χ4n) is 2.79. The van der Waals surface area contributed by atoms with Crippen LogP contribution in [0, 0.1) is 13.8 Å². The third kappa shape index (κ3) is 4.55. The molecule has 1 fully saturated rings. The lowest BCUT2D eigenvalue weighted by molar-refractivity contribution is -0.122. The summed E-state index contributed by atoms with van der Waals surface area (Å²) in [7, 11) is 0. The van der Waals surface area contributed by atoms with Gasteiger partial charge in [-0.05, 0) is 37.5 Å². The lowest BCUT2D eigenvalue weighted by Gasteiger charge is -2.34. The minimum Gasteiger partial charge on any atom is -0.355 e. The van der Waals surface area contributed by atoms with Gasteiger partial charge in [-0.2, -0.15) is 0 Å². The zero-order valence-corrected chi connectivity index (χ0v) is 14.4. The lowest BCUT2D eigenvalue weighted by atomic mass is 10.0. The van der Waals surface area contributed by atoms with Gasteiger partial charge in [0.2, 0.25) is 5.91 Å². The van der Waals surface area contributed by atoms with E-state index in [1.807, 2.05) is 43.9 Å². The van der Waals surface area contributed by atoms with Gasteiger partial charge in [-0.15, -0.1) is 0 Å². The maximum atomic E-state index is 12.7. The lowest BCUT2D eigenvalue weighted by Crippen LogP contribution is -2.51. The Morgan fingerprint density at radius 2 is 1.83 bits per heavy atom. The first-order valence-electron chi connectivity index (χ1n) is 8.37. The SMILES string of the molecule is CCCNC(=O)CN1CCN(C(=O)c2cccc(C)c2C)CC1. The van der Waals surface area contributed by atoms with E-state index in [-0.39, 0.29) is 11.8 Å². The predicted molar refractivity (Wildman–Crippen MR) is 91.6 cm³/mol. The Morgan fingerprint density at radius 3 is 2.48 bits per heavy atom. The maximum absolute atomic E-state index is 12.7. The number of aryl methyl sites for hydroxylation is 1. The second kappa shape index (κ2) is 8.11. The van der Waals surface area contributed by atoms with Gasteiger partial charge in [0.15, 0.2) is 0 Å². The third-order valence-corrected chi connectivity index (χ3v) is 4.43. The number of hydrogen-bond acceptors (Lipinski definition) is 3. The van der Waals surface area contributed by atoms with E-state index in [4.69, 9.17) is 0 Å². The highest BCUT2D eigenvalue weighted by atomic mass is 16.2. The summed E-state index contributed by atoms with van der Waals surface area (Å²) in [5.41, 5.74) is 2.99. The van der Waals surface area contributed by atoms with Crippen molar-refractivity contribution in [2.75, 3.05) is 39.3 Å². The zero-order valence-electron chi connectivity index (χ0n) is 14.4. The minimum atomic E-state index is 0.0705. The van der Waals surface area contributed by atoms with E-state index < -0.39 is 0 Å². The number of carbonyl (C=O) groups excluding carboxylic acids is 2. The molecule has 5 heteroatoms. The third-order valence-electron chi connectivity index (χ3n) is 4.43. The number of nitrogens with zero attached hydrogens (tertiary/aromatic N) is 2. The van der Waals surface area contributed by atoms with E-state index in [1.54, 1.807) is 0 Å². The molecule has 23 heavy (non-hydrogen) atoms. The van der Waals surface area contributed by atoms with Gasteiger partial charge < -0.3 is 10.2 Å². The quantitative estimate of drug-likeness (QED) is 0.897. The average molecular weight is 317 g/mol. The van der Waals surface area contributed by atoms with Crippen molar-refractivity contribution >= 4 is 11.8 Å². The molecule has 5 nitrogen and oxygen atoms in total. The Labute approximate surface area is 138 Å². The van der Waals surface area contributed by atoms with E-state index in [0.717, 1.165) is 42.7 Å². The van der Waals surface area contributed by atoms with Crippen LogP contribution in [0.5, 0.6) is 0 Å². The van der Waals surface area contributed by atoms with Crippen molar-refractivity contribution in [1.82, 2.24) is 15.1 Å². The van der Waals surface area contributed by atoms with Gasteiger partial charge in [0.1, 0.15) is 0 Å². The van der Waals surface area contributed by atoms with E-state index in [1.165, 1.54) is 0 Å². The molecule has 1 saturated heterocycles. The number of benzene rings is 1. The summed E-state index contributed by atoms with van der Waals surface area (Å²) in [6.07, 6.45) is 0.948. The molecule has 0 atom stereocenters. The number of nitrogens with one attached hydrogen (secondary N) is 1. The first kappa shape index (κ1) is 17.5. The smallest absolute Gasteiger partial charge is 0.254 e. The van der Waals surface area contributed by atoms with E-state index >= 15 is 0 Å². The fourth-order valence-corrected chi connectivity index (χ4v) is 2.79. The molecule has 0 unspecified atom stereocenters. The van der Waals surface area contributed by atoms with Crippen LogP contribution in [-0.2, 0) is 4.79 Å². The highest BCUT2D eigenvalue weighted by Gasteiger charge is 2.24. The van der Waals surface area contributed by atoms with Gasteiger partial charge >= 0.3 is 0 Å². The van der Waals surface area contributed by atoms with E-state index in [0.29, 0.717) is 19.6 Å². The topological polar surface area (TPSA) is 52.7 Å². The van der Waals surface area contributed by atoms with Crippen LogP contribution >= 0.6 is 0 Å². The molecular weight excluding hydrogens is 290 g/mol. The van der Waals surface area contributed by atoms with Gasteiger partial charge in [-0.3, -0.25) is 14.5 Å². The second-order valence-electron chi connectivity index (χ2n) is 6.17. The van der Waals surface area contributed by atoms with Gasteiger partial charge in [0, 0.05) is 38.3 Å². The molecule has 0 radical (unpaired) electrons.